The van der Waals surface area contributed by atoms with Gasteiger partial charge in [0, 0.05) is 12.5 Å². The number of aromatic nitrogens is 2. The Morgan fingerprint density at radius 2 is 2.00 bits per heavy atom. The molecule has 0 unspecified atom stereocenters. The SMILES string of the molecule is CC(C)(C)OC(=O)N1[C@@H]2CC[C@@H](C2)[C@H]1c1nc(CCc2ccccc2)no1. The van der Waals surface area contributed by atoms with Crippen LogP contribution in [0.5, 0.6) is 0 Å². The molecule has 6 nitrogen and oxygen atoms in total. The normalized spacial score (nSPS) is 24.4. The number of aryl methyl sites for hydroxylation is 2. The van der Waals surface area contributed by atoms with Gasteiger partial charge in [-0.25, -0.2) is 4.79 Å². The minimum absolute atomic E-state index is 0.156. The number of rotatable bonds is 4. The Hall–Kier alpha value is -2.37. The molecule has 6 heteroatoms. The zero-order valence-electron chi connectivity index (χ0n) is 16.2. The van der Waals surface area contributed by atoms with Crippen molar-refractivity contribution < 1.29 is 14.1 Å². The molecule has 144 valence electrons. The molecule has 1 aliphatic heterocycles. The molecule has 1 saturated heterocycles. The van der Waals surface area contributed by atoms with Crippen molar-refractivity contribution in [1.82, 2.24) is 15.0 Å². The summed E-state index contributed by atoms with van der Waals surface area (Å²) >= 11 is 0. The van der Waals surface area contributed by atoms with E-state index in [2.05, 4.69) is 22.3 Å². The van der Waals surface area contributed by atoms with Crippen LogP contribution in [0.2, 0.25) is 0 Å². The minimum atomic E-state index is -0.515. The third kappa shape index (κ3) is 3.84. The standard InChI is InChI=1S/C21H27N3O3/c1-21(2,3)26-20(25)24-16-11-10-15(13-16)18(24)19-22-17(23-27-19)12-9-14-7-5-4-6-8-14/h4-8,15-16,18H,9-13H2,1-3H3/t15-,16+,18-/m0/s1. The van der Waals surface area contributed by atoms with Crippen molar-refractivity contribution in [3.8, 4) is 0 Å². The molecule has 0 spiro atoms. The van der Waals surface area contributed by atoms with Crippen LogP contribution in [0.4, 0.5) is 4.79 Å². The summed E-state index contributed by atoms with van der Waals surface area (Å²) in [6, 6.07) is 10.3. The molecule has 0 N–H and O–H groups in total. The summed E-state index contributed by atoms with van der Waals surface area (Å²) in [4.78, 5) is 19.2. The monoisotopic (exact) mass is 369 g/mol. The van der Waals surface area contributed by atoms with Crippen LogP contribution in [0, 0.1) is 5.92 Å². The number of ether oxygens (including phenoxy) is 1. The summed E-state index contributed by atoms with van der Waals surface area (Å²) in [5.41, 5.74) is 0.734. The van der Waals surface area contributed by atoms with Gasteiger partial charge in [0.2, 0.25) is 5.89 Å². The summed E-state index contributed by atoms with van der Waals surface area (Å²) in [5, 5.41) is 4.16. The maximum Gasteiger partial charge on any atom is 0.411 e. The van der Waals surface area contributed by atoms with Gasteiger partial charge in [-0.2, -0.15) is 4.98 Å². The van der Waals surface area contributed by atoms with E-state index in [9.17, 15) is 4.79 Å². The van der Waals surface area contributed by atoms with Crippen molar-refractivity contribution in [3.05, 3.63) is 47.6 Å². The second-order valence-electron chi connectivity index (χ2n) is 8.59. The first-order valence-corrected chi connectivity index (χ1v) is 9.78. The first-order chi connectivity index (χ1) is 12.9. The van der Waals surface area contributed by atoms with Gasteiger partial charge in [0.15, 0.2) is 5.82 Å². The number of likely N-dealkylation sites (tertiary alicyclic amines) is 1. The maximum absolute atomic E-state index is 12.8. The lowest BCUT2D eigenvalue weighted by Gasteiger charge is -2.34. The van der Waals surface area contributed by atoms with E-state index in [0.717, 1.165) is 32.1 Å². The predicted molar refractivity (Wildman–Crippen MR) is 100 cm³/mol. The fraction of sp³-hybridized carbons (Fsp3) is 0.571. The van der Waals surface area contributed by atoms with E-state index in [1.54, 1.807) is 0 Å². The van der Waals surface area contributed by atoms with E-state index in [1.807, 2.05) is 43.9 Å². The molecule has 4 rings (SSSR count). The lowest BCUT2D eigenvalue weighted by molar-refractivity contribution is 0.00305. The highest BCUT2D eigenvalue weighted by atomic mass is 16.6. The molecule has 2 bridgehead atoms. The van der Waals surface area contributed by atoms with Crippen LogP contribution < -0.4 is 0 Å². The van der Waals surface area contributed by atoms with Crippen molar-refractivity contribution in [3.63, 3.8) is 0 Å². The van der Waals surface area contributed by atoms with Gasteiger partial charge in [0.1, 0.15) is 11.6 Å². The summed E-state index contributed by atoms with van der Waals surface area (Å²) in [6.07, 6.45) is 4.42. The molecule has 2 heterocycles. The van der Waals surface area contributed by atoms with Crippen molar-refractivity contribution in [2.75, 3.05) is 0 Å². The lowest BCUT2D eigenvalue weighted by Crippen LogP contribution is -2.43. The van der Waals surface area contributed by atoms with Crippen molar-refractivity contribution in [2.24, 2.45) is 5.92 Å². The molecule has 2 fully saturated rings. The fourth-order valence-electron chi connectivity index (χ4n) is 4.27. The highest BCUT2D eigenvalue weighted by molar-refractivity contribution is 5.70. The van der Waals surface area contributed by atoms with E-state index in [4.69, 9.17) is 9.26 Å². The molecule has 2 aliphatic rings. The quantitative estimate of drug-likeness (QED) is 0.803. The average Bonchev–Trinajstić information content (AvgIpc) is 3.34. The van der Waals surface area contributed by atoms with E-state index >= 15 is 0 Å². The third-order valence-corrected chi connectivity index (χ3v) is 5.41. The van der Waals surface area contributed by atoms with Crippen molar-refractivity contribution in [2.45, 2.75) is 70.6 Å². The summed E-state index contributed by atoms with van der Waals surface area (Å²) < 4.78 is 11.2. The van der Waals surface area contributed by atoms with E-state index in [1.165, 1.54) is 5.56 Å². The van der Waals surface area contributed by atoms with Gasteiger partial charge in [-0.1, -0.05) is 35.5 Å². The van der Waals surface area contributed by atoms with Crippen LogP contribution in [0.3, 0.4) is 0 Å². The second kappa shape index (κ2) is 6.98. The number of amides is 1. The number of benzene rings is 1. The largest absolute Gasteiger partial charge is 0.444 e. The average molecular weight is 369 g/mol. The van der Waals surface area contributed by atoms with Crippen LogP contribution in [-0.2, 0) is 17.6 Å². The van der Waals surface area contributed by atoms with Gasteiger partial charge < -0.3 is 9.26 Å². The maximum atomic E-state index is 12.8. The molecule has 3 atom stereocenters. The van der Waals surface area contributed by atoms with Crippen LogP contribution in [0.15, 0.2) is 34.9 Å². The van der Waals surface area contributed by atoms with Crippen LogP contribution in [0.1, 0.15) is 63.4 Å². The predicted octanol–water partition coefficient (Wildman–Crippen LogP) is 4.32. The molecule has 1 aromatic heterocycles. The minimum Gasteiger partial charge on any atom is -0.444 e. The molecule has 1 aliphatic carbocycles. The highest BCUT2D eigenvalue weighted by Crippen LogP contribution is 2.50. The van der Waals surface area contributed by atoms with Gasteiger partial charge in [-0.3, -0.25) is 4.90 Å². The number of hydrogen-bond donors (Lipinski definition) is 0. The van der Waals surface area contributed by atoms with E-state index in [-0.39, 0.29) is 18.2 Å². The van der Waals surface area contributed by atoms with E-state index < -0.39 is 5.60 Å². The Bertz CT molecular complexity index is 797. The topological polar surface area (TPSA) is 68.5 Å². The van der Waals surface area contributed by atoms with Gasteiger partial charge in [0.25, 0.3) is 0 Å². The highest BCUT2D eigenvalue weighted by Gasteiger charge is 2.52. The molecule has 1 aromatic carbocycles. The number of hydrogen-bond acceptors (Lipinski definition) is 5. The number of nitrogens with zero attached hydrogens (tertiary/aromatic N) is 3. The third-order valence-electron chi connectivity index (χ3n) is 5.41. The second-order valence-corrected chi connectivity index (χ2v) is 8.59. The Balaban J connectivity index is 1.48. The Labute approximate surface area is 159 Å². The lowest BCUT2D eigenvalue weighted by atomic mass is 9.99. The molecular formula is C21H27N3O3. The number of carbonyl (C=O) groups is 1. The van der Waals surface area contributed by atoms with Gasteiger partial charge in [-0.15, -0.1) is 0 Å². The number of piperidine rings is 1. The summed E-state index contributed by atoms with van der Waals surface area (Å²) in [5.74, 6) is 1.63. The zero-order valence-corrected chi connectivity index (χ0v) is 16.2. The van der Waals surface area contributed by atoms with Gasteiger partial charge >= 0.3 is 6.09 Å². The zero-order chi connectivity index (χ0) is 19.0. The number of carbonyl (C=O) groups excluding carboxylic acids is 1. The Morgan fingerprint density at radius 3 is 2.74 bits per heavy atom. The Kier molecular flexibility index (Phi) is 4.66. The van der Waals surface area contributed by atoms with Crippen LogP contribution >= 0.6 is 0 Å². The molecular weight excluding hydrogens is 342 g/mol. The van der Waals surface area contributed by atoms with Crippen molar-refractivity contribution >= 4 is 6.09 Å². The first kappa shape index (κ1) is 18.0. The smallest absolute Gasteiger partial charge is 0.411 e. The van der Waals surface area contributed by atoms with Crippen molar-refractivity contribution in [1.29, 1.82) is 0 Å². The van der Waals surface area contributed by atoms with E-state index in [0.29, 0.717) is 17.6 Å². The molecule has 27 heavy (non-hydrogen) atoms. The first-order valence-electron chi connectivity index (χ1n) is 9.78. The fourth-order valence-corrected chi connectivity index (χ4v) is 4.27. The number of fused-ring (bicyclic) bond motifs is 2. The van der Waals surface area contributed by atoms with Gasteiger partial charge in [-0.05, 0) is 57.9 Å². The van der Waals surface area contributed by atoms with Crippen LogP contribution in [-0.4, -0.2) is 32.8 Å². The van der Waals surface area contributed by atoms with Crippen LogP contribution in [0.25, 0.3) is 0 Å². The Morgan fingerprint density at radius 1 is 1.22 bits per heavy atom. The summed E-state index contributed by atoms with van der Waals surface area (Å²) in [6.45, 7) is 5.67. The molecule has 1 amide bonds. The van der Waals surface area contributed by atoms with Gasteiger partial charge in [0.05, 0.1) is 0 Å². The molecule has 0 radical (unpaired) electrons. The molecule has 2 aromatic rings. The summed E-state index contributed by atoms with van der Waals surface area (Å²) in [7, 11) is 0. The molecule has 1 saturated carbocycles.